The van der Waals surface area contributed by atoms with E-state index in [1.807, 2.05) is 92.6 Å². The quantitative estimate of drug-likeness (QED) is 0.316. The molecule has 0 saturated heterocycles. The van der Waals surface area contributed by atoms with Crippen molar-refractivity contribution < 1.29 is 23.8 Å². The molecule has 0 bridgehead atoms. The van der Waals surface area contributed by atoms with Crippen molar-refractivity contribution in [3.05, 3.63) is 107 Å². The minimum atomic E-state index is -0.781. The lowest BCUT2D eigenvalue weighted by Crippen LogP contribution is -2.30. The average Bonchev–Trinajstić information content (AvgIpc) is 3.45. The van der Waals surface area contributed by atoms with Gasteiger partial charge in [0.2, 0.25) is 5.78 Å². The zero-order chi connectivity index (χ0) is 26.1. The fourth-order valence-corrected chi connectivity index (χ4v) is 4.63. The Morgan fingerprint density at radius 3 is 2.38 bits per heavy atom. The summed E-state index contributed by atoms with van der Waals surface area (Å²) in [5.74, 6) is -0.865. The van der Waals surface area contributed by atoms with Crippen LogP contribution in [0.2, 0.25) is 0 Å². The Labute approximate surface area is 215 Å². The number of furan rings is 1. The van der Waals surface area contributed by atoms with E-state index in [0.717, 1.165) is 22.4 Å². The first-order valence-corrected chi connectivity index (χ1v) is 12.1. The predicted octanol–water partition coefficient (Wildman–Crippen LogP) is 5.68. The van der Waals surface area contributed by atoms with Gasteiger partial charge >= 0.3 is 0 Å². The van der Waals surface area contributed by atoms with Gasteiger partial charge in [0.25, 0.3) is 5.91 Å². The maximum absolute atomic E-state index is 13.7. The number of carbonyl (C=O) groups excluding carboxylic acids is 2. The van der Waals surface area contributed by atoms with Crippen LogP contribution in [0.15, 0.2) is 94.6 Å². The number of hydrogen-bond donors (Lipinski definition) is 1. The maximum atomic E-state index is 13.7. The first-order chi connectivity index (χ1) is 17.9. The fraction of sp³-hybridized carbons (Fsp3) is 0.200. The van der Waals surface area contributed by atoms with Crippen molar-refractivity contribution in [2.45, 2.75) is 19.5 Å². The van der Waals surface area contributed by atoms with E-state index >= 15 is 0 Å². The summed E-state index contributed by atoms with van der Waals surface area (Å²) in [7, 11) is 3.88. The number of benzene rings is 3. The van der Waals surface area contributed by atoms with E-state index < -0.39 is 23.5 Å². The van der Waals surface area contributed by atoms with E-state index in [9.17, 15) is 14.7 Å². The Balaban J connectivity index is 1.55. The molecule has 1 unspecified atom stereocenters. The molecule has 1 aliphatic heterocycles. The van der Waals surface area contributed by atoms with Gasteiger partial charge in [-0.25, -0.2) is 0 Å². The van der Waals surface area contributed by atoms with Gasteiger partial charge in [0.1, 0.15) is 11.3 Å². The first-order valence-electron chi connectivity index (χ1n) is 12.1. The van der Waals surface area contributed by atoms with Gasteiger partial charge in [0, 0.05) is 31.7 Å². The van der Waals surface area contributed by atoms with Gasteiger partial charge < -0.3 is 24.1 Å². The smallest absolute Gasteiger partial charge is 0.290 e. The van der Waals surface area contributed by atoms with Gasteiger partial charge in [-0.15, -0.1) is 0 Å². The fourth-order valence-electron chi connectivity index (χ4n) is 4.63. The molecule has 2 heterocycles. The van der Waals surface area contributed by atoms with Crippen molar-refractivity contribution in [3.8, 4) is 5.75 Å². The largest absolute Gasteiger partial charge is 0.503 e. The lowest BCUT2D eigenvalue weighted by molar-refractivity contribution is -0.130. The summed E-state index contributed by atoms with van der Waals surface area (Å²) in [6.45, 7) is 2.67. The SMILES string of the molecule is CCOc1ccc(CN2C(=O)C(O)=C(C(=O)c3cc4ccccc4o3)C2c2ccc(N(C)C)cc2)cc1. The van der Waals surface area contributed by atoms with Crippen LogP contribution < -0.4 is 9.64 Å². The van der Waals surface area contributed by atoms with Gasteiger partial charge in [0.05, 0.1) is 18.2 Å². The van der Waals surface area contributed by atoms with Crippen molar-refractivity contribution >= 4 is 28.3 Å². The molecule has 1 amide bonds. The molecule has 7 nitrogen and oxygen atoms in total. The van der Waals surface area contributed by atoms with Crippen molar-refractivity contribution in [3.63, 3.8) is 0 Å². The Kier molecular flexibility index (Phi) is 6.44. The van der Waals surface area contributed by atoms with Gasteiger partial charge in [-0.05, 0) is 54.4 Å². The normalized spacial score (nSPS) is 15.5. The molecule has 1 atom stereocenters. The highest BCUT2D eigenvalue weighted by molar-refractivity contribution is 6.16. The Hall–Kier alpha value is -4.52. The second-order valence-corrected chi connectivity index (χ2v) is 9.14. The number of anilines is 1. The minimum absolute atomic E-state index is 0.00703. The van der Waals surface area contributed by atoms with Crippen LogP contribution in [-0.4, -0.2) is 42.4 Å². The molecule has 0 aliphatic carbocycles. The number of fused-ring (bicyclic) bond motifs is 1. The Morgan fingerprint density at radius 1 is 1.03 bits per heavy atom. The number of ketones is 1. The van der Waals surface area contributed by atoms with Crippen LogP contribution in [-0.2, 0) is 11.3 Å². The number of para-hydroxylation sites is 1. The first kappa shape index (κ1) is 24.2. The van der Waals surface area contributed by atoms with Crippen molar-refractivity contribution in [2.24, 2.45) is 0 Å². The van der Waals surface area contributed by atoms with E-state index in [2.05, 4.69) is 0 Å². The van der Waals surface area contributed by atoms with Gasteiger partial charge in [-0.1, -0.05) is 42.5 Å². The summed E-state index contributed by atoms with van der Waals surface area (Å²) in [5, 5.41) is 11.8. The molecule has 5 rings (SSSR count). The lowest BCUT2D eigenvalue weighted by Gasteiger charge is -2.27. The van der Waals surface area contributed by atoms with Crippen LogP contribution in [0.4, 0.5) is 5.69 Å². The molecule has 37 heavy (non-hydrogen) atoms. The number of aliphatic hydroxyl groups is 1. The average molecular weight is 497 g/mol. The molecule has 1 N–H and O–H groups in total. The molecule has 7 heteroatoms. The molecule has 0 fully saturated rings. The molecule has 4 aromatic rings. The molecule has 0 radical (unpaired) electrons. The summed E-state index contributed by atoms with van der Waals surface area (Å²) >= 11 is 0. The highest BCUT2D eigenvalue weighted by Crippen LogP contribution is 2.41. The minimum Gasteiger partial charge on any atom is -0.503 e. The van der Waals surface area contributed by atoms with Crippen LogP contribution in [0, 0.1) is 0 Å². The monoisotopic (exact) mass is 496 g/mol. The summed E-state index contributed by atoms with van der Waals surface area (Å²) in [6, 6.07) is 23.2. The third-order valence-corrected chi connectivity index (χ3v) is 6.51. The molecule has 0 saturated carbocycles. The number of ether oxygens (including phenoxy) is 1. The Morgan fingerprint density at radius 2 is 1.73 bits per heavy atom. The van der Waals surface area contributed by atoms with E-state index in [1.165, 1.54) is 4.90 Å². The van der Waals surface area contributed by atoms with E-state index in [4.69, 9.17) is 9.15 Å². The van der Waals surface area contributed by atoms with E-state index in [-0.39, 0.29) is 17.9 Å². The van der Waals surface area contributed by atoms with Crippen LogP contribution in [0.3, 0.4) is 0 Å². The standard InChI is InChI=1S/C30H28N2O5/c1-4-36-23-15-9-19(10-16-23)18-32-27(20-11-13-22(14-12-20)31(2)3)26(29(34)30(32)35)28(33)25-17-21-7-5-6-8-24(21)37-25/h5-17,27,34H,4,18H2,1-3H3. The van der Waals surface area contributed by atoms with Gasteiger partial charge in [0.15, 0.2) is 11.5 Å². The van der Waals surface area contributed by atoms with Crippen LogP contribution >= 0.6 is 0 Å². The summed E-state index contributed by atoms with van der Waals surface area (Å²) in [4.78, 5) is 30.6. The molecular weight excluding hydrogens is 468 g/mol. The highest BCUT2D eigenvalue weighted by Gasteiger charge is 2.44. The van der Waals surface area contributed by atoms with Crippen molar-refractivity contribution in [1.82, 2.24) is 4.90 Å². The topological polar surface area (TPSA) is 83.2 Å². The number of aliphatic hydroxyl groups excluding tert-OH is 1. The Bertz CT molecular complexity index is 1450. The third kappa shape index (κ3) is 4.56. The zero-order valence-electron chi connectivity index (χ0n) is 21.0. The van der Waals surface area contributed by atoms with Crippen molar-refractivity contribution in [2.75, 3.05) is 25.6 Å². The molecule has 1 aromatic heterocycles. The maximum Gasteiger partial charge on any atom is 0.290 e. The van der Waals surface area contributed by atoms with Crippen LogP contribution in [0.1, 0.15) is 34.6 Å². The second-order valence-electron chi connectivity index (χ2n) is 9.14. The predicted molar refractivity (Wildman–Crippen MR) is 142 cm³/mol. The number of hydrogen-bond acceptors (Lipinski definition) is 6. The van der Waals surface area contributed by atoms with E-state index in [0.29, 0.717) is 17.8 Å². The number of nitrogens with zero attached hydrogens (tertiary/aromatic N) is 2. The number of rotatable bonds is 8. The molecule has 1 aliphatic rings. The summed E-state index contributed by atoms with van der Waals surface area (Å²) in [6.07, 6.45) is 0. The molecule has 3 aromatic carbocycles. The summed E-state index contributed by atoms with van der Waals surface area (Å²) < 4.78 is 11.3. The highest BCUT2D eigenvalue weighted by atomic mass is 16.5. The zero-order valence-corrected chi connectivity index (χ0v) is 21.0. The number of amides is 1. The van der Waals surface area contributed by atoms with Crippen molar-refractivity contribution in [1.29, 1.82) is 0 Å². The molecule has 188 valence electrons. The van der Waals surface area contributed by atoms with Gasteiger partial charge in [-0.3, -0.25) is 9.59 Å². The summed E-state index contributed by atoms with van der Waals surface area (Å²) in [5.41, 5.74) is 3.11. The second kappa shape index (κ2) is 9.85. The van der Waals surface area contributed by atoms with Crippen LogP contribution in [0.25, 0.3) is 11.0 Å². The molecular formula is C30H28N2O5. The van der Waals surface area contributed by atoms with Crippen LogP contribution in [0.5, 0.6) is 5.75 Å². The molecule has 0 spiro atoms. The van der Waals surface area contributed by atoms with E-state index in [1.54, 1.807) is 12.1 Å². The van der Waals surface area contributed by atoms with Gasteiger partial charge in [-0.2, -0.15) is 0 Å². The number of carbonyl (C=O) groups is 2. The third-order valence-electron chi connectivity index (χ3n) is 6.51. The number of Topliss-reactive ketones (excluding diaryl/α,β-unsaturated/α-hetero) is 1. The lowest BCUT2D eigenvalue weighted by atomic mass is 9.94.